The van der Waals surface area contributed by atoms with Crippen LogP contribution in [-0.4, -0.2) is 13.2 Å². The standard InChI is InChI=1S/C4H12N2O2S/c1-4(2,3)9(7,8)6-5/h6H,5H2,1-3H3. The lowest BCUT2D eigenvalue weighted by molar-refractivity contribution is 0.547. The normalized spacial score (nSPS) is 13.8. The summed E-state index contributed by atoms with van der Waals surface area (Å²) in [4.78, 5) is 1.75. The Balaban J connectivity index is 4.57. The lowest BCUT2D eigenvalue weighted by atomic mass is 10.3. The van der Waals surface area contributed by atoms with Crippen molar-refractivity contribution in [2.45, 2.75) is 25.5 Å². The first-order valence-corrected chi connectivity index (χ1v) is 4.01. The zero-order valence-corrected chi connectivity index (χ0v) is 6.62. The average Bonchev–Trinajstić information content (AvgIpc) is 1.64. The molecule has 0 radical (unpaired) electrons. The van der Waals surface area contributed by atoms with E-state index in [1.54, 1.807) is 25.6 Å². The molecule has 0 saturated heterocycles. The summed E-state index contributed by atoms with van der Waals surface area (Å²) in [6.45, 7) is 4.71. The molecule has 0 aliphatic carbocycles. The minimum Gasteiger partial charge on any atom is -0.258 e. The predicted octanol–water partition coefficient (Wildman–Crippen LogP) is -0.422. The smallest absolute Gasteiger partial charge is 0.229 e. The summed E-state index contributed by atoms with van der Waals surface area (Å²) in [5, 5.41) is 0. The zero-order valence-electron chi connectivity index (χ0n) is 5.80. The average molecular weight is 152 g/mol. The quantitative estimate of drug-likeness (QED) is 0.396. The highest BCUT2D eigenvalue weighted by atomic mass is 32.2. The van der Waals surface area contributed by atoms with Gasteiger partial charge in [-0.3, -0.25) is 5.84 Å². The third-order valence-electron chi connectivity index (χ3n) is 0.961. The van der Waals surface area contributed by atoms with Crippen molar-refractivity contribution in [3.63, 3.8) is 0 Å². The fourth-order valence-corrected chi connectivity index (χ4v) is 0.530. The number of nitrogens with two attached hydrogens (primary N) is 1. The van der Waals surface area contributed by atoms with Crippen LogP contribution in [0.4, 0.5) is 0 Å². The fourth-order valence-electron chi connectivity index (χ4n) is 0.177. The van der Waals surface area contributed by atoms with Crippen LogP contribution in [0.1, 0.15) is 20.8 Å². The van der Waals surface area contributed by atoms with Gasteiger partial charge in [-0.25, -0.2) is 8.42 Å². The van der Waals surface area contributed by atoms with Crippen LogP contribution in [-0.2, 0) is 10.0 Å². The molecule has 0 bridgehead atoms. The Hall–Kier alpha value is -0.130. The molecule has 0 aromatic carbocycles. The van der Waals surface area contributed by atoms with Gasteiger partial charge in [0.15, 0.2) is 0 Å². The van der Waals surface area contributed by atoms with E-state index in [1.165, 1.54) is 0 Å². The summed E-state index contributed by atoms with van der Waals surface area (Å²) < 4.78 is 20.8. The summed E-state index contributed by atoms with van der Waals surface area (Å²) in [6, 6.07) is 0. The van der Waals surface area contributed by atoms with E-state index >= 15 is 0 Å². The van der Waals surface area contributed by atoms with Gasteiger partial charge >= 0.3 is 0 Å². The molecule has 0 aromatic rings. The SMILES string of the molecule is CC(C)(C)S(=O)(=O)NN. The van der Waals surface area contributed by atoms with E-state index in [2.05, 4.69) is 0 Å². The van der Waals surface area contributed by atoms with Gasteiger partial charge in [-0.15, -0.1) is 0 Å². The highest BCUT2D eigenvalue weighted by Crippen LogP contribution is 2.11. The Morgan fingerprint density at radius 1 is 1.33 bits per heavy atom. The van der Waals surface area contributed by atoms with Crippen molar-refractivity contribution in [1.82, 2.24) is 4.83 Å². The molecule has 56 valence electrons. The number of hydrogen-bond donors (Lipinski definition) is 2. The van der Waals surface area contributed by atoms with Gasteiger partial charge in [0.05, 0.1) is 4.75 Å². The molecule has 0 rings (SSSR count). The summed E-state index contributed by atoms with van der Waals surface area (Å²) in [6.07, 6.45) is 0. The van der Waals surface area contributed by atoms with Crippen molar-refractivity contribution < 1.29 is 8.42 Å². The molecular formula is C4H12N2O2S. The van der Waals surface area contributed by atoms with Gasteiger partial charge in [0.2, 0.25) is 10.0 Å². The molecule has 0 aromatic heterocycles. The molecular weight excluding hydrogens is 140 g/mol. The molecule has 3 N–H and O–H groups in total. The zero-order chi connectivity index (χ0) is 7.71. The molecule has 0 saturated carbocycles. The largest absolute Gasteiger partial charge is 0.258 e. The van der Waals surface area contributed by atoms with Crippen molar-refractivity contribution in [1.29, 1.82) is 0 Å². The molecule has 0 aliphatic rings. The number of hydrazine groups is 1. The van der Waals surface area contributed by atoms with Crippen LogP contribution in [0.3, 0.4) is 0 Å². The Morgan fingerprint density at radius 2 is 1.67 bits per heavy atom. The van der Waals surface area contributed by atoms with Gasteiger partial charge in [0, 0.05) is 0 Å². The van der Waals surface area contributed by atoms with E-state index < -0.39 is 14.8 Å². The first kappa shape index (κ1) is 8.87. The van der Waals surface area contributed by atoms with Crippen LogP contribution in [0.5, 0.6) is 0 Å². The third-order valence-corrected chi connectivity index (χ3v) is 2.88. The molecule has 0 heterocycles. The van der Waals surface area contributed by atoms with Crippen LogP contribution >= 0.6 is 0 Å². The number of rotatable bonds is 1. The Kier molecular flexibility index (Phi) is 2.21. The minimum absolute atomic E-state index is 0.818. The van der Waals surface area contributed by atoms with Crippen LogP contribution in [0.25, 0.3) is 0 Å². The van der Waals surface area contributed by atoms with Crippen molar-refractivity contribution in [3.8, 4) is 0 Å². The fraction of sp³-hybridized carbons (Fsp3) is 1.00. The van der Waals surface area contributed by atoms with Crippen LogP contribution in [0, 0.1) is 0 Å². The Labute approximate surface area is 55.5 Å². The van der Waals surface area contributed by atoms with E-state index in [4.69, 9.17) is 5.84 Å². The first-order chi connectivity index (χ1) is 3.81. The van der Waals surface area contributed by atoms with Crippen molar-refractivity contribution >= 4 is 10.0 Å². The number of nitrogens with one attached hydrogen (secondary N) is 1. The molecule has 0 amide bonds. The molecule has 5 heteroatoms. The second-order valence-electron chi connectivity index (χ2n) is 2.73. The first-order valence-electron chi connectivity index (χ1n) is 2.53. The Morgan fingerprint density at radius 3 is 1.67 bits per heavy atom. The van der Waals surface area contributed by atoms with Crippen molar-refractivity contribution in [2.24, 2.45) is 5.84 Å². The van der Waals surface area contributed by atoms with Gasteiger partial charge in [0.1, 0.15) is 0 Å². The third kappa shape index (κ3) is 1.92. The summed E-state index contributed by atoms with van der Waals surface area (Å²) in [7, 11) is -3.31. The van der Waals surface area contributed by atoms with Gasteiger partial charge in [-0.2, -0.15) is 4.83 Å². The van der Waals surface area contributed by atoms with Crippen molar-refractivity contribution in [2.75, 3.05) is 0 Å². The maximum Gasteiger partial charge on any atom is 0.229 e. The molecule has 0 aliphatic heterocycles. The summed E-state index contributed by atoms with van der Waals surface area (Å²) >= 11 is 0. The van der Waals surface area contributed by atoms with Gasteiger partial charge in [-0.05, 0) is 20.8 Å². The molecule has 9 heavy (non-hydrogen) atoms. The number of sulfonamides is 1. The maximum absolute atomic E-state index is 10.8. The van der Waals surface area contributed by atoms with Gasteiger partial charge < -0.3 is 0 Å². The summed E-state index contributed by atoms with van der Waals surface area (Å²) in [5.41, 5.74) is 0. The highest BCUT2D eigenvalue weighted by Gasteiger charge is 2.27. The second-order valence-corrected chi connectivity index (χ2v) is 5.20. The summed E-state index contributed by atoms with van der Waals surface area (Å²) in [5.74, 6) is 4.75. The van der Waals surface area contributed by atoms with Gasteiger partial charge in [-0.1, -0.05) is 0 Å². The minimum atomic E-state index is -3.31. The van der Waals surface area contributed by atoms with E-state index in [-0.39, 0.29) is 0 Å². The van der Waals surface area contributed by atoms with E-state index in [9.17, 15) is 8.42 Å². The number of hydrogen-bond acceptors (Lipinski definition) is 3. The molecule has 0 fully saturated rings. The molecule has 0 spiro atoms. The monoisotopic (exact) mass is 152 g/mol. The molecule has 0 unspecified atom stereocenters. The van der Waals surface area contributed by atoms with E-state index in [0.29, 0.717) is 0 Å². The second kappa shape index (κ2) is 2.24. The van der Waals surface area contributed by atoms with Gasteiger partial charge in [0.25, 0.3) is 0 Å². The van der Waals surface area contributed by atoms with Crippen molar-refractivity contribution in [3.05, 3.63) is 0 Å². The van der Waals surface area contributed by atoms with Crippen LogP contribution in [0.2, 0.25) is 0 Å². The maximum atomic E-state index is 10.8. The lowest BCUT2D eigenvalue weighted by Crippen LogP contribution is -2.42. The van der Waals surface area contributed by atoms with E-state index in [1.807, 2.05) is 0 Å². The van der Waals surface area contributed by atoms with E-state index in [0.717, 1.165) is 0 Å². The Bertz CT molecular complexity index is 177. The highest BCUT2D eigenvalue weighted by molar-refractivity contribution is 7.90. The van der Waals surface area contributed by atoms with Crippen LogP contribution in [0.15, 0.2) is 0 Å². The lowest BCUT2D eigenvalue weighted by Gasteiger charge is -2.16. The molecule has 4 nitrogen and oxygen atoms in total. The molecule has 0 atom stereocenters. The topological polar surface area (TPSA) is 72.2 Å². The predicted molar refractivity (Wildman–Crippen MR) is 36.0 cm³/mol. The van der Waals surface area contributed by atoms with Crippen LogP contribution < -0.4 is 10.7 Å².